The summed E-state index contributed by atoms with van der Waals surface area (Å²) in [4.78, 5) is 0. The molecular weight excluding hydrogens is 333 g/mol. The highest BCUT2D eigenvalue weighted by atomic mass is 35.5. The molecule has 0 bridgehead atoms. The van der Waals surface area contributed by atoms with Crippen molar-refractivity contribution in [3.8, 4) is 11.5 Å². The predicted molar refractivity (Wildman–Crippen MR) is 82.3 cm³/mol. The van der Waals surface area contributed by atoms with Crippen molar-refractivity contribution in [2.24, 2.45) is 5.10 Å². The van der Waals surface area contributed by atoms with E-state index < -0.39 is 11.7 Å². The summed E-state index contributed by atoms with van der Waals surface area (Å²) < 4.78 is 42.9. The van der Waals surface area contributed by atoms with Crippen LogP contribution in [0.3, 0.4) is 0 Å². The molecule has 0 atom stereocenters. The van der Waals surface area contributed by atoms with Gasteiger partial charge in [0, 0.05) is 5.56 Å². The van der Waals surface area contributed by atoms with Crippen LogP contribution in [0.25, 0.3) is 0 Å². The van der Waals surface area contributed by atoms with Gasteiger partial charge < -0.3 is 9.84 Å². The van der Waals surface area contributed by atoms with Crippen molar-refractivity contribution < 1.29 is 23.0 Å². The number of para-hydroxylation sites is 1. The van der Waals surface area contributed by atoms with Crippen LogP contribution in [0.15, 0.2) is 41.5 Å². The molecule has 23 heavy (non-hydrogen) atoms. The van der Waals surface area contributed by atoms with Crippen LogP contribution >= 0.6 is 11.6 Å². The molecule has 2 aromatic carbocycles. The first-order valence-corrected chi connectivity index (χ1v) is 6.72. The van der Waals surface area contributed by atoms with E-state index in [1.165, 1.54) is 13.3 Å². The lowest BCUT2D eigenvalue weighted by molar-refractivity contribution is -0.137. The average Bonchev–Trinajstić information content (AvgIpc) is 2.49. The van der Waals surface area contributed by atoms with Crippen molar-refractivity contribution >= 4 is 23.5 Å². The summed E-state index contributed by atoms with van der Waals surface area (Å²) in [6, 6.07) is 7.62. The number of halogens is 4. The van der Waals surface area contributed by atoms with E-state index in [9.17, 15) is 18.3 Å². The van der Waals surface area contributed by atoms with Gasteiger partial charge in [0.25, 0.3) is 0 Å². The van der Waals surface area contributed by atoms with E-state index >= 15 is 0 Å². The maximum absolute atomic E-state index is 12.7. The number of rotatable bonds is 4. The molecule has 0 saturated carbocycles. The van der Waals surface area contributed by atoms with Gasteiger partial charge in [-0.2, -0.15) is 18.3 Å². The van der Waals surface area contributed by atoms with Gasteiger partial charge in [-0.15, -0.1) is 0 Å². The number of methoxy groups -OCH3 is 1. The number of hydrogen-bond donors (Lipinski definition) is 2. The predicted octanol–water partition coefficient (Wildman–Crippen LogP) is 4.52. The summed E-state index contributed by atoms with van der Waals surface area (Å²) in [7, 11) is 1.40. The van der Waals surface area contributed by atoms with E-state index in [4.69, 9.17) is 16.3 Å². The van der Waals surface area contributed by atoms with Crippen LogP contribution in [0.5, 0.6) is 11.5 Å². The van der Waals surface area contributed by atoms with E-state index in [-0.39, 0.29) is 22.2 Å². The molecule has 0 spiro atoms. The summed E-state index contributed by atoms with van der Waals surface area (Å²) in [6.07, 6.45) is -3.23. The molecule has 2 N–H and O–H groups in total. The number of phenolic OH excluding ortho intramolecular Hbond substituents is 1. The number of aromatic hydroxyl groups is 1. The highest BCUT2D eigenvalue weighted by Gasteiger charge is 2.30. The first-order valence-electron chi connectivity index (χ1n) is 6.34. The second-order valence-electron chi connectivity index (χ2n) is 4.46. The van der Waals surface area contributed by atoms with Crippen molar-refractivity contribution in [2.45, 2.75) is 6.18 Å². The Balaban J connectivity index is 2.21. The fraction of sp³-hybridized carbons (Fsp3) is 0.133. The summed E-state index contributed by atoms with van der Waals surface area (Å²) >= 11 is 5.83. The van der Waals surface area contributed by atoms with Gasteiger partial charge in [0.05, 0.1) is 29.6 Å². The van der Waals surface area contributed by atoms with E-state index in [1.54, 1.807) is 18.2 Å². The minimum atomic E-state index is -4.48. The number of hydrazone groups is 1. The number of phenols is 1. The minimum absolute atomic E-state index is 0.000118. The SMILES string of the molecule is COc1cccc(/C=N\Nc2cc(C(F)(F)F)ccc2Cl)c1O. The third kappa shape index (κ3) is 4.07. The number of benzene rings is 2. The second-order valence-corrected chi connectivity index (χ2v) is 4.87. The zero-order chi connectivity index (χ0) is 17.0. The van der Waals surface area contributed by atoms with Gasteiger partial charge in [-0.3, -0.25) is 5.43 Å². The first kappa shape index (κ1) is 17.0. The fourth-order valence-corrected chi connectivity index (χ4v) is 1.93. The zero-order valence-corrected chi connectivity index (χ0v) is 12.6. The van der Waals surface area contributed by atoms with Crippen molar-refractivity contribution in [3.63, 3.8) is 0 Å². The van der Waals surface area contributed by atoms with Crippen LogP contribution in [-0.4, -0.2) is 18.4 Å². The van der Waals surface area contributed by atoms with Crippen LogP contribution < -0.4 is 10.2 Å². The van der Waals surface area contributed by atoms with Crippen LogP contribution in [-0.2, 0) is 6.18 Å². The molecule has 8 heteroatoms. The van der Waals surface area contributed by atoms with Gasteiger partial charge in [-0.05, 0) is 30.3 Å². The monoisotopic (exact) mass is 344 g/mol. The van der Waals surface area contributed by atoms with Crippen molar-refractivity contribution in [1.29, 1.82) is 0 Å². The van der Waals surface area contributed by atoms with Crippen LogP contribution in [0, 0.1) is 0 Å². The lowest BCUT2D eigenvalue weighted by Gasteiger charge is -2.10. The molecule has 0 radical (unpaired) electrons. The molecule has 0 heterocycles. The fourth-order valence-electron chi connectivity index (χ4n) is 1.77. The Labute approximate surface area is 135 Å². The number of nitrogens with one attached hydrogen (secondary N) is 1. The molecule has 0 saturated heterocycles. The van der Waals surface area contributed by atoms with Gasteiger partial charge in [0.1, 0.15) is 0 Å². The minimum Gasteiger partial charge on any atom is -0.504 e. The Morgan fingerprint density at radius 3 is 2.65 bits per heavy atom. The van der Waals surface area contributed by atoms with Gasteiger partial charge >= 0.3 is 6.18 Å². The molecule has 4 nitrogen and oxygen atoms in total. The van der Waals surface area contributed by atoms with Gasteiger partial charge in [0.15, 0.2) is 11.5 Å². The standard InChI is InChI=1S/C15H12ClF3N2O2/c1-23-13-4-2-3-9(14(13)22)8-20-21-12-7-10(15(17,18)19)5-6-11(12)16/h2-8,21-22H,1H3/b20-8-. The second kappa shape index (κ2) is 6.78. The molecule has 0 amide bonds. The van der Waals surface area contributed by atoms with E-state index in [0.717, 1.165) is 18.2 Å². The molecule has 0 unspecified atom stereocenters. The highest BCUT2D eigenvalue weighted by molar-refractivity contribution is 6.33. The van der Waals surface area contributed by atoms with Gasteiger partial charge in [0.2, 0.25) is 0 Å². The number of anilines is 1. The number of alkyl halides is 3. The molecule has 0 fully saturated rings. The Kier molecular flexibility index (Phi) is 5.00. The Morgan fingerprint density at radius 1 is 1.26 bits per heavy atom. The Hall–Kier alpha value is -2.41. The number of hydrogen-bond acceptors (Lipinski definition) is 4. The molecule has 2 aromatic rings. The third-order valence-corrected chi connectivity index (χ3v) is 3.26. The maximum Gasteiger partial charge on any atom is 0.416 e. The van der Waals surface area contributed by atoms with Crippen molar-refractivity contribution in [3.05, 3.63) is 52.5 Å². The third-order valence-electron chi connectivity index (χ3n) is 2.93. The molecule has 122 valence electrons. The number of nitrogens with zero attached hydrogens (tertiary/aromatic N) is 1. The molecular formula is C15H12ClF3N2O2. The Bertz CT molecular complexity index is 733. The Morgan fingerprint density at radius 2 is 2.00 bits per heavy atom. The normalized spacial score (nSPS) is 11.7. The lowest BCUT2D eigenvalue weighted by atomic mass is 10.2. The smallest absolute Gasteiger partial charge is 0.416 e. The summed E-state index contributed by atoms with van der Waals surface area (Å²) in [5, 5.41) is 13.8. The van der Waals surface area contributed by atoms with E-state index in [0.29, 0.717) is 5.56 Å². The van der Waals surface area contributed by atoms with E-state index in [1.807, 2.05) is 0 Å². The van der Waals surface area contributed by atoms with Crippen LogP contribution in [0.2, 0.25) is 5.02 Å². The average molecular weight is 345 g/mol. The number of ether oxygens (including phenoxy) is 1. The van der Waals surface area contributed by atoms with E-state index in [2.05, 4.69) is 10.5 Å². The topological polar surface area (TPSA) is 53.8 Å². The first-order chi connectivity index (χ1) is 10.8. The maximum atomic E-state index is 12.7. The molecule has 0 aromatic heterocycles. The largest absolute Gasteiger partial charge is 0.504 e. The van der Waals surface area contributed by atoms with Crippen LogP contribution in [0.1, 0.15) is 11.1 Å². The quantitative estimate of drug-likeness (QED) is 0.633. The molecule has 0 aliphatic rings. The lowest BCUT2D eigenvalue weighted by Crippen LogP contribution is -2.05. The van der Waals surface area contributed by atoms with Crippen molar-refractivity contribution in [1.82, 2.24) is 0 Å². The molecule has 2 rings (SSSR count). The van der Waals surface area contributed by atoms with Crippen molar-refractivity contribution in [2.75, 3.05) is 12.5 Å². The molecule has 0 aliphatic heterocycles. The highest BCUT2D eigenvalue weighted by Crippen LogP contribution is 2.34. The summed E-state index contributed by atoms with van der Waals surface area (Å²) in [6.45, 7) is 0. The van der Waals surface area contributed by atoms with Gasteiger partial charge in [-0.1, -0.05) is 17.7 Å². The summed E-state index contributed by atoms with van der Waals surface area (Å²) in [5.74, 6) is 0.127. The molecule has 0 aliphatic carbocycles. The summed E-state index contributed by atoms with van der Waals surface area (Å²) in [5.41, 5.74) is 1.91. The zero-order valence-electron chi connectivity index (χ0n) is 11.9. The van der Waals surface area contributed by atoms with Crippen LogP contribution in [0.4, 0.5) is 18.9 Å². The van der Waals surface area contributed by atoms with Gasteiger partial charge in [-0.25, -0.2) is 0 Å².